The summed E-state index contributed by atoms with van der Waals surface area (Å²) in [6, 6.07) is 6.10. The van der Waals surface area contributed by atoms with E-state index in [9.17, 15) is 0 Å². The van der Waals surface area contributed by atoms with E-state index in [-0.39, 0.29) is 0 Å². The Labute approximate surface area is 89.8 Å². The molecule has 15 heavy (non-hydrogen) atoms. The number of aryl methyl sites for hydroxylation is 2. The molecule has 0 aliphatic carbocycles. The number of hydrogen-bond acceptors (Lipinski definition) is 2. The van der Waals surface area contributed by atoms with Crippen LogP contribution in [0.3, 0.4) is 0 Å². The zero-order valence-corrected chi connectivity index (χ0v) is 9.14. The van der Waals surface area contributed by atoms with Gasteiger partial charge < -0.3 is 0 Å². The molecule has 0 bridgehead atoms. The Morgan fingerprint density at radius 3 is 2.67 bits per heavy atom. The highest BCUT2D eigenvalue weighted by Crippen LogP contribution is 2.07. The van der Waals surface area contributed by atoms with E-state index in [1.165, 1.54) is 5.56 Å². The topological polar surface area (TPSA) is 30.7 Å². The molecule has 3 heteroatoms. The van der Waals surface area contributed by atoms with E-state index < -0.39 is 0 Å². The van der Waals surface area contributed by atoms with Gasteiger partial charge in [0.2, 0.25) is 0 Å². The zero-order valence-electron chi connectivity index (χ0n) is 9.14. The van der Waals surface area contributed by atoms with Crippen molar-refractivity contribution in [3.63, 3.8) is 0 Å². The van der Waals surface area contributed by atoms with Crippen molar-refractivity contribution in [2.45, 2.75) is 26.7 Å². The summed E-state index contributed by atoms with van der Waals surface area (Å²) in [5.74, 6) is 0.878. The molecule has 0 unspecified atom stereocenters. The van der Waals surface area contributed by atoms with E-state index in [0.717, 1.165) is 24.4 Å². The Morgan fingerprint density at radius 2 is 2.13 bits per heavy atom. The maximum atomic E-state index is 4.38. The number of hydrogen-bond donors (Lipinski definition) is 0. The third kappa shape index (κ3) is 2.24. The molecule has 0 N–H and O–H groups in total. The lowest BCUT2D eigenvalue weighted by atomic mass is 10.2. The van der Waals surface area contributed by atoms with E-state index in [1.54, 1.807) is 4.68 Å². The Hall–Kier alpha value is -1.64. The summed E-state index contributed by atoms with van der Waals surface area (Å²) in [6.45, 7) is 4.15. The van der Waals surface area contributed by atoms with E-state index in [4.69, 9.17) is 0 Å². The minimum absolute atomic E-state index is 0.878. The van der Waals surface area contributed by atoms with Crippen molar-refractivity contribution in [1.29, 1.82) is 0 Å². The Balaban J connectivity index is 2.23. The standard InChI is InChI=1S/C12H15N3/c1-3-4-11-5-6-12(13-9-11)15-8-7-10(2)14-15/h5-9H,3-4H2,1-2H3. The van der Waals surface area contributed by atoms with Crippen molar-refractivity contribution >= 4 is 0 Å². The fourth-order valence-electron chi connectivity index (χ4n) is 1.53. The molecule has 0 spiro atoms. The maximum Gasteiger partial charge on any atom is 0.153 e. The van der Waals surface area contributed by atoms with Gasteiger partial charge in [0.15, 0.2) is 5.82 Å². The van der Waals surface area contributed by atoms with Gasteiger partial charge in [-0.1, -0.05) is 19.4 Å². The van der Waals surface area contributed by atoms with Crippen molar-refractivity contribution < 1.29 is 0 Å². The molecule has 0 aromatic carbocycles. The van der Waals surface area contributed by atoms with Crippen LogP contribution in [0.4, 0.5) is 0 Å². The van der Waals surface area contributed by atoms with Gasteiger partial charge in [0, 0.05) is 12.4 Å². The third-order valence-electron chi connectivity index (χ3n) is 2.30. The van der Waals surface area contributed by atoms with Crippen LogP contribution in [0.1, 0.15) is 24.6 Å². The maximum absolute atomic E-state index is 4.38. The highest BCUT2D eigenvalue weighted by Gasteiger charge is 1.99. The first-order chi connectivity index (χ1) is 7.29. The second kappa shape index (κ2) is 4.26. The normalized spacial score (nSPS) is 10.5. The minimum atomic E-state index is 0.878. The quantitative estimate of drug-likeness (QED) is 0.764. The van der Waals surface area contributed by atoms with Gasteiger partial charge in [-0.3, -0.25) is 0 Å². The van der Waals surface area contributed by atoms with Crippen molar-refractivity contribution in [3.05, 3.63) is 41.9 Å². The Kier molecular flexibility index (Phi) is 2.81. The van der Waals surface area contributed by atoms with Crippen LogP contribution in [0.2, 0.25) is 0 Å². The SMILES string of the molecule is CCCc1ccc(-n2ccc(C)n2)nc1. The number of nitrogens with zero attached hydrogens (tertiary/aromatic N) is 3. The molecular formula is C12H15N3. The zero-order chi connectivity index (χ0) is 10.7. The molecule has 0 saturated carbocycles. The summed E-state index contributed by atoms with van der Waals surface area (Å²) in [7, 11) is 0. The molecule has 0 aliphatic rings. The summed E-state index contributed by atoms with van der Waals surface area (Å²) in [6.07, 6.45) is 6.10. The van der Waals surface area contributed by atoms with Gasteiger partial charge in [-0.05, 0) is 31.0 Å². The largest absolute Gasteiger partial charge is 0.237 e. The average Bonchev–Trinajstić information content (AvgIpc) is 2.67. The minimum Gasteiger partial charge on any atom is -0.237 e. The number of rotatable bonds is 3. The van der Waals surface area contributed by atoms with Crippen LogP contribution < -0.4 is 0 Å². The molecule has 2 heterocycles. The van der Waals surface area contributed by atoms with Crippen LogP contribution in [0.25, 0.3) is 5.82 Å². The predicted molar refractivity (Wildman–Crippen MR) is 60.1 cm³/mol. The van der Waals surface area contributed by atoms with Crippen molar-refractivity contribution in [1.82, 2.24) is 14.8 Å². The predicted octanol–water partition coefficient (Wildman–Crippen LogP) is 2.53. The average molecular weight is 201 g/mol. The second-order valence-electron chi connectivity index (χ2n) is 3.68. The molecule has 2 aromatic rings. The number of pyridine rings is 1. The van der Waals surface area contributed by atoms with E-state index in [2.05, 4.69) is 23.1 Å². The fraction of sp³-hybridized carbons (Fsp3) is 0.333. The lowest BCUT2D eigenvalue weighted by Gasteiger charge is -2.01. The molecule has 0 amide bonds. The van der Waals surface area contributed by atoms with Crippen LogP contribution in [-0.2, 0) is 6.42 Å². The summed E-state index contributed by atoms with van der Waals surface area (Å²) in [4.78, 5) is 4.38. The van der Waals surface area contributed by atoms with Gasteiger partial charge in [0.25, 0.3) is 0 Å². The third-order valence-corrected chi connectivity index (χ3v) is 2.30. The van der Waals surface area contributed by atoms with Crippen LogP contribution in [0.5, 0.6) is 0 Å². The van der Waals surface area contributed by atoms with Crippen LogP contribution >= 0.6 is 0 Å². The lowest BCUT2D eigenvalue weighted by Crippen LogP contribution is -1.98. The van der Waals surface area contributed by atoms with Crippen LogP contribution in [-0.4, -0.2) is 14.8 Å². The molecule has 0 fully saturated rings. The molecular weight excluding hydrogens is 186 g/mol. The molecule has 2 aromatic heterocycles. The molecule has 3 nitrogen and oxygen atoms in total. The van der Waals surface area contributed by atoms with Crippen molar-refractivity contribution in [2.75, 3.05) is 0 Å². The van der Waals surface area contributed by atoms with E-state index >= 15 is 0 Å². The van der Waals surface area contributed by atoms with Gasteiger partial charge in [-0.25, -0.2) is 9.67 Å². The summed E-state index contributed by atoms with van der Waals surface area (Å²) in [5.41, 5.74) is 2.29. The van der Waals surface area contributed by atoms with Gasteiger partial charge in [-0.2, -0.15) is 5.10 Å². The van der Waals surface area contributed by atoms with Gasteiger partial charge in [0.05, 0.1) is 5.69 Å². The summed E-state index contributed by atoms with van der Waals surface area (Å²) in [5, 5.41) is 4.31. The van der Waals surface area contributed by atoms with Crippen LogP contribution in [0, 0.1) is 6.92 Å². The van der Waals surface area contributed by atoms with Gasteiger partial charge in [0.1, 0.15) is 0 Å². The van der Waals surface area contributed by atoms with Gasteiger partial charge in [-0.15, -0.1) is 0 Å². The smallest absolute Gasteiger partial charge is 0.153 e. The van der Waals surface area contributed by atoms with Crippen molar-refractivity contribution in [2.24, 2.45) is 0 Å². The second-order valence-corrected chi connectivity index (χ2v) is 3.68. The highest BCUT2D eigenvalue weighted by atomic mass is 15.3. The first-order valence-electron chi connectivity index (χ1n) is 5.27. The Morgan fingerprint density at radius 1 is 1.27 bits per heavy atom. The molecule has 2 rings (SSSR count). The van der Waals surface area contributed by atoms with E-state index in [0.29, 0.717) is 0 Å². The molecule has 0 aliphatic heterocycles. The lowest BCUT2D eigenvalue weighted by molar-refractivity contribution is 0.825. The molecule has 78 valence electrons. The first kappa shape index (κ1) is 9.90. The summed E-state index contributed by atoms with van der Waals surface area (Å²) >= 11 is 0. The fourth-order valence-corrected chi connectivity index (χ4v) is 1.53. The summed E-state index contributed by atoms with van der Waals surface area (Å²) < 4.78 is 1.80. The van der Waals surface area contributed by atoms with Crippen LogP contribution in [0.15, 0.2) is 30.6 Å². The molecule has 0 atom stereocenters. The van der Waals surface area contributed by atoms with E-state index in [1.807, 2.05) is 31.5 Å². The molecule has 0 radical (unpaired) electrons. The highest BCUT2D eigenvalue weighted by molar-refractivity contribution is 5.25. The van der Waals surface area contributed by atoms with Crippen molar-refractivity contribution in [3.8, 4) is 5.82 Å². The monoisotopic (exact) mass is 201 g/mol. The Bertz CT molecular complexity index is 428. The molecule has 0 saturated heterocycles. The van der Waals surface area contributed by atoms with Gasteiger partial charge >= 0.3 is 0 Å². The number of aromatic nitrogens is 3. The first-order valence-corrected chi connectivity index (χ1v) is 5.27.